The van der Waals surface area contributed by atoms with Crippen LogP contribution in [0, 0.1) is 0 Å². The average molecular weight is 273 g/mol. The van der Waals surface area contributed by atoms with E-state index in [9.17, 15) is 9.59 Å². The third-order valence-corrected chi connectivity index (χ3v) is 3.11. The maximum Gasteiger partial charge on any atom is 0.251 e. The molecule has 2 aromatic rings. The fourth-order valence-corrected chi connectivity index (χ4v) is 1.94. The van der Waals surface area contributed by atoms with Gasteiger partial charge in [0.05, 0.1) is 0 Å². The molecule has 0 radical (unpaired) electrons. The molecule has 0 aliphatic rings. The van der Waals surface area contributed by atoms with Gasteiger partial charge in [-0.1, -0.05) is 6.92 Å². The second-order valence-corrected chi connectivity index (χ2v) is 4.77. The van der Waals surface area contributed by atoms with Crippen LogP contribution in [0.25, 0.3) is 10.9 Å². The summed E-state index contributed by atoms with van der Waals surface area (Å²) in [4.78, 5) is 26.9. The number of benzene rings is 1. The Morgan fingerprint density at radius 1 is 1.30 bits per heavy atom. The number of hydrogen-bond donors (Lipinski definition) is 3. The minimum absolute atomic E-state index is 0.164. The molecule has 2 amide bonds. The molecule has 3 N–H and O–H groups in total. The molecular formula is C15H19N3O2. The van der Waals surface area contributed by atoms with E-state index in [0.29, 0.717) is 12.1 Å². The lowest BCUT2D eigenvalue weighted by Gasteiger charge is -2.13. The minimum Gasteiger partial charge on any atom is -0.361 e. The van der Waals surface area contributed by atoms with Crippen molar-refractivity contribution in [3.05, 3.63) is 36.0 Å². The second kappa shape index (κ2) is 6.23. The van der Waals surface area contributed by atoms with E-state index in [1.54, 1.807) is 19.1 Å². The van der Waals surface area contributed by atoms with E-state index in [0.717, 1.165) is 17.3 Å². The van der Waals surface area contributed by atoms with Gasteiger partial charge in [-0.3, -0.25) is 9.59 Å². The maximum absolute atomic E-state index is 12.1. The third-order valence-electron chi connectivity index (χ3n) is 3.11. The van der Waals surface area contributed by atoms with Gasteiger partial charge < -0.3 is 15.6 Å². The third kappa shape index (κ3) is 3.17. The number of nitrogens with one attached hydrogen (secondary N) is 3. The van der Waals surface area contributed by atoms with Gasteiger partial charge in [0.15, 0.2) is 0 Å². The highest BCUT2D eigenvalue weighted by Crippen LogP contribution is 2.14. The Hall–Kier alpha value is -2.30. The molecule has 1 atom stereocenters. The van der Waals surface area contributed by atoms with Gasteiger partial charge in [-0.05, 0) is 37.6 Å². The molecule has 5 nitrogen and oxygen atoms in total. The van der Waals surface area contributed by atoms with Crippen molar-refractivity contribution < 1.29 is 9.59 Å². The second-order valence-electron chi connectivity index (χ2n) is 4.77. The molecule has 106 valence electrons. The van der Waals surface area contributed by atoms with Crippen molar-refractivity contribution in [2.45, 2.75) is 26.3 Å². The van der Waals surface area contributed by atoms with E-state index < -0.39 is 6.04 Å². The van der Waals surface area contributed by atoms with Gasteiger partial charge in [0.1, 0.15) is 6.04 Å². The summed E-state index contributed by atoms with van der Waals surface area (Å²) in [5.41, 5.74) is 1.53. The largest absolute Gasteiger partial charge is 0.361 e. The maximum atomic E-state index is 12.1. The zero-order chi connectivity index (χ0) is 14.5. The quantitative estimate of drug-likeness (QED) is 0.777. The SMILES string of the molecule is CCCNC(=O)C(C)NC(=O)c1ccc2[nH]ccc2c1. The standard InChI is InChI=1S/C15H19N3O2/c1-3-7-17-14(19)10(2)18-15(20)12-4-5-13-11(9-12)6-8-16-13/h4-6,8-10,16H,3,7H2,1-2H3,(H,17,19)(H,18,20). The summed E-state index contributed by atoms with van der Waals surface area (Å²) in [5, 5.41) is 6.43. The van der Waals surface area contributed by atoms with Crippen LogP contribution in [0.2, 0.25) is 0 Å². The molecule has 1 heterocycles. The average Bonchev–Trinajstić information content (AvgIpc) is 2.91. The molecule has 0 aliphatic heterocycles. The monoisotopic (exact) mass is 273 g/mol. The van der Waals surface area contributed by atoms with Crippen molar-refractivity contribution in [1.82, 2.24) is 15.6 Å². The van der Waals surface area contributed by atoms with Crippen LogP contribution in [0.1, 0.15) is 30.6 Å². The topological polar surface area (TPSA) is 74.0 Å². The van der Waals surface area contributed by atoms with Gasteiger partial charge in [0.2, 0.25) is 5.91 Å². The first-order valence-electron chi connectivity index (χ1n) is 6.77. The molecule has 0 bridgehead atoms. The molecule has 1 aromatic carbocycles. The number of aromatic nitrogens is 1. The highest BCUT2D eigenvalue weighted by molar-refractivity contribution is 6.00. The van der Waals surface area contributed by atoms with Gasteiger partial charge in [-0.2, -0.15) is 0 Å². The summed E-state index contributed by atoms with van der Waals surface area (Å²) < 4.78 is 0. The molecule has 20 heavy (non-hydrogen) atoms. The molecule has 1 aromatic heterocycles. The zero-order valence-electron chi connectivity index (χ0n) is 11.7. The predicted octanol–water partition coefficient (Wildman–Crippen LogP) is 1.81. The van der Waals surface area contributed by atoms with E-state index in [-0.39, 0.29) is 11.8 Å². The normalized spacial score (nSPS) is 12.1. The molecule has 0 saturated heterocycles. The Balaban J connectivity index is 2.01. The van der Waals surface area contributed by atoms with Crippen LogP contribution >= 0.6 is 0 Å². The lowest BCUT2D eigenvalue weighted by atomic mass is 10.1. The Kier molecular flexibility index (Phi) is 4.40. The summed E-state index contributed by atoms with van der Waals surface area (Å²) in [6.45, 7) is 4.28. The lowest BCUT2D eigenvalue weighted by Crippen LogP contribution is -2.44. The van der Waals surface area contributed by atoms with Gasteiger partial charge >= 0.3 is 0 Å². The lowest BCUT2D eigenvalue weighted by molar-refractivity contribution is -0.122. The summed E-state index contributed by atoms with van der Waals surface area (Å²) in [5.74, 6) is -0.407. The molecule has 0 fully saturated rings. The molecule has 0 spiro atoms. The van der Waals surface area contributed by atoms with E-state index in [1.165, 1.54) is 0 Å². The minimum atomic E-state index is -0.545. The van der Waals surface area contributed by atoms with E-state index in [1.807, 2.05) is 25.3 Å². The summed E-state index contributed by atoms with van der Waals surface area (Å²) in [7, 11) is 0. The molecule has 5 heteroatoms. The van der Waals surface area contributed by atoms with Crippen molar-refractivity contribution in [2.24, 2.45) is 0 Å². The Morgan fingerprint density at radius 3 is 2.85 bits per heavy atom. The van der Waals surface area contributed by atoms with Gasteiger partial charge in [-0.25, -0.2) is 0 Å². The van der Waals surface area contributed by atoms with E-state index in [4.69, 9.17) is 0 Å². The fourth-order valence-electron chi connectivity index (χ4n) is 1.94. The predicted molar refractivity (Wildman–Crippen MR) is 78.5 cm³/mol. The van der Waals surface area contributed by atoms with Crippen molar-refractivity contribution >= 4 is 22.7 Å². The van der Waals surface area contributed by atoms with Crippen LogP contribution in [0.15, 0.2) is 30.5 Å². The molecule has 1 unspecified atom stereocenters. The highest BCUT2D eigenvalue weighted by atomic mass is 16.2. The number of H-pyrrole nitrogens is 1. The molecule has 0 aliphatic carbocycles. The van der Waals surface area contributed by atoms with E-state index >= 15 is 0 Å². The number of rotatable bonds is 5. The van der Waals surface area contributed by atoms with Crippen LogP contribution in [-0.4, -0.2) is 29.4 Å². The number of carbonyl (C=O) groups is 2. The Bertz CT molecular complexity index is 618. The first-order valence-corrected chi connectivity index (χ1v) is 6.77. The van der Waals surface area contributed by atoms with Crippen molar-refractivity contribution in [2.75, 3.05) is 6.54 Å². The molecular weight excluding hydrogens is 254 g/mol. The van der Waals surface area contributed by atoms with Crippen LogP contribution < -0.4 is 10.6 Å². The van der Waals surface area contributed by atoms with Crippen molar-refractivity contribution in [1.29, 1.82) is 0 Å². The van der Waals surface area contributed by atoms with Crippen LogP contribution in [0.3, 0.4) is 0 Å². The summed E-state index contributed by atoms with van der Waals surface area (Å²) >= 11 is 0. The number of hydrogen-bond acceptors (Lipinski definition) is 2. The first-order chi connectivity index (χ1) is 9.61. The van der Waals surface area contributed by atoms with Gasteiger partial charge in [-0.15, -0.1) is 0 Å². The number of fused-ring (bicyclic) bond motifs is 1. The van der Waals surface area contributed by atoms with E-state index in [2.05, 4.69) is 15.6 Å². The first kappa shape index (κ1) is 14.1. The van der Waals surface area contributed by atoms with Crippen LogP contribution in [-0.2, 0) is 4.79 Å². The summed E-state index contributed by atoms with van der Waals surface area (Å²) in [6.07, 6.45) is 2.70. The smallest absolute Gasteiger partial charge is 0.251 e. The molecule has 0 saturated carbocycles. The zero-order valence-corrected chi connectivity index (χ0v) is 11.7. The van der Waals surface area contributed by atoms with Gasteiger partial charge in [0.25, 0.3) is 5.91 Å². The number of amides is 2. The van der Waals surface area contributed by atoms with Crippen molar-refractivity contribution in [3.8, 4) is 0 Å². The summed E-state index contributed by atoms with van der Waals surface area (Å²) in [6, 6.07) is 6.76. The number of aromatic amines is 1. The fraction of sp³-hybridized carbons (Fsp3) is 0.333. The van der Waals surface area contributed by atoms with Gasteiger partial charge in [0, 0.05) is 29.2 Å². The Morgan fingerprint density at radius 2 is 2.10 bits per heavy atom. The van der Waals surface area contributed by atoms with Crippen LogP contribution in [0.5, 0.6) is 0 Å². The Labute approximate surface area is 117 Å². The number of carbonyl (C=O) groups excluding carboxylic acids is 2. The van der Waals surface area contributed by atoms with Crippen LogP contribution in [0.4, 0.5) is 0 Å². The highest BCUT2D eigenvalue weighted by Gasteiger charge is 2.16. The van der Waals surface area contributed by atoms with Crippen molar-refractivity contribution in [3.63, 3.8) is 0 Å². The molecule has 2 rings (SSSR count).